The van der Waals surface area contributed by atoms with E-state index < -0.39 is 6.10 Å². The number of hydrogen-bond acceptors (Lipinski definition) is 3. The van der Waals surface area contributed by atoms with Gasteiger partial charge in [-0.3, -0.25) is 0 Å². The molecular formula is C14H17BrN2O2. The van der Waals surface area contributed by atoms with Gasteiger partial charge < -0.3 is 14.4 Å². The normalized spacial score (nSPS) is 12.4. The molecule has 1 N–H and O–H groups in total. The maximum atomic E-state index is 9.74. The van der Waals surface area contributed by atoms with Crippen LogP contribution in [0, 0.1) is 0 Å². The summed E-state index contributed by atoms with van der Waals surface area (Å²) in [7, 11) is 0. The van der Waals surface area contributed by atoms with E-state index in [9.17, 15) is 5.11 Å². The van der Waals surface area contributed by atoms with E-state index in [1.807, 2.05) is 29.0 Å². The SMILES string of the molecule is CCn1ccnc1COc1cc(Br)ccc1C(C)O. The van der Waals surface area contributed by atoms with E-state index >= 15 is 0 Å². The van der Waals surface area contributed by atoms with Crippen LogP contribution in [0.3, 0.4) is 0 Å². The molecule has 0 radical (unpaired) electrons. The molecule has 2 aromatic rings. The molecule has 2 rings (SSSR count). The van der Waals surface area contributed by atoms with Crippen molar-refractivity contribution < 1.29 is 9.84 Å². The number of benzene rings is 1. The lowest BCUT2D eigenvalue weighted by atomic mass is 10.1. The largest absolute Gasteiger partial charge is 0.485 e. The van der Waals surface area contributed by atoms with Gasteiger partial charge in [0.05, 0.1) is 6.10 Å². The molecule has 4 nitrogen and oxygen atoms in total. The zero-order valence-electron chi connectivity index (χ0n) is 11.0. The summed E-state index contributed by atoms with van der Waals surface area (Å²) in [6, 6.07) is 5.61. The van der Waals surface area contributed by atoms with Gasteiger partial charge in [-0.25, -0.2) is 4.98 Å². The van der Waals surface area contributed by atoms with Crippen LogP contribution >= 0.6 is 15.9 Å². The van der Waals surface area contributed by atoms with Crippen molar-refractivity contribution in [3.8, 4) is 5.75 Å². The average Bonchev–Trinajstić information content (AvgIpc) is 2.83. The van der Waals surface area contributed by atoms with Crippen LogP contribution in [0.15, 0.2) is 35.1 Å². The third kappa shape index (κ3) is 3.36. The monoisotopic (exact) mass is 324 g/mol. The van der Waals surface area contributed by atoms with Gasteiger partial charge in [-0.1, -0.05) is 22.0 Å². The van der Waals surface area contributed by atoms with Crippen LogP contribution in [-0.4, -0.2) is 14.7 Å². The summed E-state index contributed by atoms with van der Waals surface area (Å²) < 4.78 is 8.74. The Labute approximate surface area is 121 Å². The Balaban J connectivity index is 2.17. The molecule has 0 amide bonds. The fourth-order valence-corrected chi connectivity index (χ4v) is 2.23. The van der Waals surface area contributed by atoms with Crippen molar-refractivity contribution in [3.05, 3.63) is 46.5 Å². The van der Waals surface area contributed by atoms with E-state index in [4.69, 9.17) is 4.74 Å². The molecule has 1 aromatic carbocycles. The molecule has 0 fully saturated rings. The molecule has 102 valence electrons. The summed E-state index contributed by atoms with van der Waals surface area (Å²) >= 11 is 3.41. The lowest BCUT2D eigenvalue weighted by Crippen LogP contribution is -2.07. The van der Waals surface area contributed by atoms with Crippen molar-refractivity contribution in [1.29, 1.82) is 0 Å². The number of nitrogens with zero attached hydrogens (tertiary/aromatic N) is 2. The molecular weight excluding hydrogens is 308 g/mol. The maximum Gasteiger partial charge on any atom is 0.146 e. The Bertz CT molecular complexity index is 552. The van der Waals surface area contributed by atoms with Gasteiger partial charge in [-0.2, -0.15) is 0 Å². The summed E-state index contributed by atoms with van der Waals surface area (Å²) in [5.74, 6) is 1.55. The van der Waals surface area contributed by atoms with Crippen LogP contribution < -0.4 is 4.74 Å². The predicted octanol–water partition coefficient (Wildman–Crippen LogP) is 3.30. The zero-order chi connectivity index (χ0) is 13.8. The van der Waals surface area contributed by atoms with Crippen molar-refractivity contribution in [1.82, 2.24) is 9.55 Å². The topological polar surface area (TPSA) is 47.3 Å². The minimum atomic E-state index is -0.561. The molecule has 0 aliphatic rings. The standard InChI is InChI=1S/C14H17BrN2O2/c1-3-17-7-6-16-14(17)9-19-13-8-11(15)4-5-12(13)10(2)18/h4-8,10,18H,3,9H2,1-2H3. The van der Waals surface area contributed by atoms with Gasteiger partial charge in [0.25, 0.3) is 0 Å². The van der Waals surface area contributed by atoms with Crippen molar-refractivity contribution in [2.75, 3.05) is 0 Å². The molecule has 1 heterocycles. The van der Waals surface area contributed by atoms with Crippen LogP contribution in [0.2, 0.25) is 0 Å². The highest BCUT2D eigenvalue weighted by Crippen LogP contribution is 2.29. The van der Waals surface area contributed by atoms with Crippen LogP contribution in [0.1, 0.15) is 31.3 Å². The second kappa shape index (κ2) is 6.21. The fourth-order valence-electron chi connectivity index (χ4n) is 1.89. The molecule has 5 heteroatoms. The van der Waals surface area contributed by atoms with Gasteiger partial charge in [-0.05, 0) is 26.0 Å². The summed E-state index contributed by atoms with van der Waals surface area (Å²) in [6.07, 6.45) is 3.13. The lowest BCUT2D eigenvalue weighted by Gasteiger charge is -2.14. The number of aryl methyl sites for hydroxylation is 1. The van der Waals surface area contributed by atoms with Gasteiger partial charge in [0.2, 0.25) is 0 Å². The number of halogens is 1. The van der Waals surface area contributed by atoms with Gasteiger partial charge in [0.15, 0.2) is 0 Å². The molecule has 0 bridgehead atoms. The molecule has 19 heavy (non-hydrogen) atoms. The van der Waals surface area contributed by atoms with E-state index in [2.05, 4.69) is 27.8 Å². The lowest BCUT2D eigenvalue weighted by molar-refractivity contribution is 0.189. The molecule has 0 spiro atoms. The van der Waals surface area contributed by atoms with Gasteiger partial charge in [-0.15, -0.1) is 0 Å². The minimum absolute atomic E-state index is 0.386. The quantitative estimate of drug-likeness (QED) is 0.917. The van der Waals surface area contributed by atoms with Gasteiger partial charge >= 0.3 is 0 Å². The second-order valence-electron chi connectivity index (χ2n) is 4.28. The third-order valence-electron chi connectivity index (χ3n) is 2.92. The Morgan fingerprint density at radius 1 is 1.47 bits per heavy atom. The number of imidazole rings is 1. The fraction of sp³-hybridized carbons (Fsp3) is 0.357. The first-order valence-electron chi connectivity index (χ1n) is 6.22. The Kier molecular flexibility index (Phi) is 4.61. The number of ether oxygens (including phenoxy) is 1. The molecule has 0 saturated carbocycles. The molecule has 1 aromatic heterocycles. The Morgan fingerprint density at radius 2 is 2.26 bits per heavy atom. The Hall–Kier alpha value is -1.33. The summed E-state index contributed by atoms with van der Waals surface area (Å²) in [5, 5.41) is 9.74. The highest BCUT2D eigenvalue weighted by molar-refractivity contribution is 9.10. The number of aliphatic hydroxyl groups is 1. The van der Waals surface area contributed by atoms with E-state index in [0.29, 0.717) is 12.4 Å². The number of aliphatic hydroxyl groups excluding tert-OH is 1. The zero-order valence-corrected chi connectivity index (χ0v) is 12.6. The number of hydrogen-bond donors (Lipinski definition) is 1. The summed E-state index contributed by atoms with van der Waals surface area (Å²) in [5.41, 5.74) is 0.776. The van der Waals surface area contributed by atoms with Crippen molar-refractivity contribution in [2.45, 2.75) is 33.1 Å². The molecule has 1 atom stereocenters. The van der Waals surface area contributed by atoms with E-state index in [-0.39, 0.29) is 0 Å². The molecule has 0 aliphatic heterocycles. The smallest absolute Gasteiger partial charge is 0.146 e. The van der Waals surface area contributed by atoms with Gasteiger partial charge in [0, 0.05) is 29.0 Å². The summed E-state index contributed by atoms with van der Waals surface area (Å²) in [4.78, 5) is 4.26. The van der Waals surface area contributed by atoms with E-state index in [0.717, 1.165) is 22.4 Å². The second-order valence-corrected chi connectivity index (χ2v) is 5.19. The maximum absolute atomic E-state index is 9.74. The van der Waals surface area contributed by atoms with E-state index in [1.165, 1.54) is 0 Å². The first-order valence-corrected chi connectivity index (χ1v) is 7.01. The molecule has 0 saturated heterocycles. The Morgan fingerprint density at radius 3 is 2.95 bits per heavy atom. The van der Waals surface area contributed by atoms with Crippen LogP contribution in [0.25, 0.3) is 0 Å². The van der Waals surface area contributed by atoms with Crippen molar-refractivity contribution in [3.63, 3.8) is 0 Å². The first-order chi connectivity index (χ1) is 9.11. The highest BCUT2D eigenvalue weighted by Gasteiger charge is 2.11. The van der Waals surface area contributed by atoms with Gasteiger partial charge in [0.1, 0.15) is 18.2 Å². The van der Waals surface area contributed by atoms with Crippen LogP contribution in [0.4, 0.5) is 0 Å². The molecule has 1 unspecified atom stereocenters. The highest BCUT2D eigenvalue weighted by atomic mass is 79.9. The summed E-state index contributed by atoms with van der Waals surface area (Å²) in [6.45, 7) is 5.03. The predicted molar refractivity (Wildman–Crippen MR) is 77.0 cm³/mol. The minimum Gasteiger partial charge on any atom is -0.485 e. The van der Waals surface area contributed by atoms with Crippen LogP contribution in [0.5, 0.6) is 5.75 Å². The van der Waals surface area contributed by atoms with Crippen LogP contribution in [-0.2, 0) is 13.2 Å². The first kappa shape index (κ1) is 14.1. The van der Waals surface area contributed by atoms with Crippen molar-refractivity contribution >= 4 is 15.9 Å². The van der Waals surface area contributed by atoms with Crippen molar-refractivity contribution in [2.24, 2.45) is 0 Å². The van der Waals surface area contributed by atoms with E-state index in [1.54, 1.807) is 13.1 Å². The number of aromatic nitrogens is 2. The third-order valence-corrected chi connectivity index (χ3v) is 3.42. The number of rotatable bonds is 5. The molecule has 0 aliphatic carbocycles. The average molecular weight is 325 g/mol.